The van der Waals surface area contributed by atoms with Gasteiger partial charge in [0.05, 0.1) is 17.3 Å². The van der Waals surface area contributed by atoms with E-state index < -0.39 is 26.6 Å². The van der Waals surface area contributed by atoms with E-state index in [4.69, 9.17) is 0 Å². The third-order valence-corrected chi connectivity index (χ3v) is 5.06. The highest BCUT2D eigenvalue weighted by atomic mass is 32.2. The van der Waals surface area contributed by atoms with Crippen LogP contribution in [0.5, 0.6) is 0 Å². The zero-order chi connectivity index (χ0) is 16.4. The van der Waals surface area contributed by atoms with Crippen molar-refractivity contribution in [3.8, 4) is 0 Å². The molecule has 1 aliphatic carbocycles. The van der Waals surface area contributed by atoms with Crippen molar-refractivity contribution in [1.82, 2.24) is 8.75 Å². The van der Waals surface area contributed by atoms with E-state index in [9.17, 15) is 22.6 Å². The molecule has 3 aromatic rings. The molecule has 1 aliphatic rings. The van der Waals surface area contributed by atoms with Crippen LogP contribution in [-0.4, -0.2) is 33.3 Å². The molecule has 0 radical (unpaired) electrons. The lowest BCUT2D eigenvalue weighted by molar-refractivity contribution is 0.0980. The summed E-state index contributed by atoms with van der Waals surface area (Å²) in [6, 6.07) is 7.26. The number of carbonyl (C=O) groups excluding carboxylic acids is 2. The van der Waals surface area contributed by atoms with Gasteiger partial charge in [-0.15, -0.1) is 0 Å². The summed E-state index contributed by atoms with van der Waals surface area (Å²) in [7, 11) is -4.61. The van der Waals surface area contributed by atoms with Gasteiger partial charge in [0.1, 0.15) is 15.9 Å². The van der Waals surface area contributed by atoms with Crippen LogP contribution in [0.4, 0.5) is 0 Å². The quantitative estimate of drug-likeness (QED) is 0.522. The van der Waals surface area contributed by atoms with Gasteiger partial charge in [0.2, 0.25) is 0 Å². The van der Waals surface area contributed by atoms with Crippen LogP contribution in [-0.2, 0) is 10.1 Å². The van der Waals surface area contributed by atoms with Crippen LogP contribution in [0.25, 0.3) is 11.0 Å². The second-order valence-corrected chi connectivity index (χ2v) is 6.86. The number of ketones is 2. The number of fused-ring (bicyclic) bond motifs is 4. The molecule has 0 aliphatic heterocycles. The summed E-state index contributed by atoms with van der Waals surface area (Å²) in [6.07, 6.45) is 0. The molecule has 0 amide bonds. The molecular weight excluding hydrogens is 340 g/mol. The highest BCUT2D eigenvalue weighted by Gasteiger charge is 2.35. The van der Waals surface area contributed by atoms with Crippen molar-refractivity contribution in [1.29, 1.82) is 0 Å². The fourth-order valence-electron chi connectivity index (χ4n) is 2.68. The maximum atomic E-state index is 12.7. The third-order valence-electron chi connectivity index (χ3n) is 3.67. The Labute approximate surface area is 133 Å². The summed E-state index contributed by atoms with van der Waals surface area (Å²) in [5, 5.41) is 0. The second-order valence-electron chi connectivity index (χ2n) is 4.94. The summed E-state index contributed by atoms with van der Waals surface area (Å²) < 4.78 is 40.3. The first-order valence-corrected chi connectivity index (χ1v) is 8.52. The Morgan fingerprint density at radius 2 is 1.52 bits per heavy atom. The maximum Gasteiger partial charge on any atom is 0.296 e. The first-order chi connectivity index (χ1) is 10.9. The lowest BCUT2D eigenvalue weighted by atomic mass is 9.83. The van der Waals surface area contributed by atoms with Crippen LogP contribution >= 0.6 is 11.7 Å². The van der Waals surface area contributed by atoms with Crippen LogP contribution < -0.4 is 0 Å². The van der Waals surface area contributed by atoms with Crippen molar-refractivity contribution in [2.45, 2.75) is 4.90 Å². The molecule has 4 rings (SSSR count). The van der Waals surface area contributed by atoms with Crippen LogP contribution in [0.3, 0.4) is 0 Å². The Morgan fingerprint density at radius 3 is 2.17 bits per heavy atom. The average Bonchev–Trinajstić information content (AvgIpc) is 2.99. The summed E-state index contributed by atoms with van der Waals surface area (Å²) in [6.45, 7) is 0. The molecule has 23 heavy (non-hydrogen) atoms. The minimum absolute atomic E-state index is 0.00739. The number of hydrogen-bond acceptors (Lipinski definition) is 7. The first-order valence-electron chi connectivity index (χ1n) is 6.35. The average molecular weight is 346 g/mol. The molecule has 0 fully saturated rings. The van der Waals surface area contributed by atoms with Crippen LogP contribution in [0.1, 0.15) is 31.8 Å². The van der Waals surface area contributed by atoms with Gasteiger partial charge in [-0.2, -0.15) is 17.2 Å². The van der Waals surface area contributed by atoms with Gasteiger partial charge >= 0.3 is 0 Å². The van der Waals surface area contributed by atoms with E-state index in [1.54, 1.807) is 12.1 Å². The number of benzene rings is 2. The normalized spacial score (nSPS) is 14.0. The van der Waals surface area contributed by atoms with Gasteiger partial charge in [-0.1, -0.05) is 24.3 Å². The summed E-state index contributed by atoms with van der Waals surface area (Å²) in [4.78, 5) is 24.8. The van der Waals surface area contributed by atoms with Gasteiger partial charge in [-0.25, -0.2) is 0 Å². The van der Waals surface area contributed by atoms with Gasteiger partial charge in [-0.05, 0) is 6.07 Å². The van der Waals surface area contributed by atoms with Gasteiger partial charge < -0.3 is 0 Å². The van der Waals surface area contributed by atoms with Crippen molar-refractivity contribution < 1.29 is 22.6 Å². The van der Waals surface area contributed by atoms with E-state index in [0.29, 0.717) is 11.7 Å². The van der Waals surface area contributed by atoms with Crippen molar-refractivity contribution in [3.63, 3.8) is 0 Å². The summed E-state index contributed by atoms with van der Waals surface area (Å²) >= 11 is 0.701. The topological polar surface area (TPSA) is 114 Å². The Bertz CT molecular complexity index is 1130. The molecular formula is C14H6N2O5S2. The molecule has 9 heteroatoms. The molecule has 2 aromatic carbocycles. The molecule has 0 atom stereocenters. The van der Waals surface area contributed by atoms with E-state index in [0.717, 1.165) is 6.07 Å². The highest BCUT2D eigenvalue weighted by molar-refractivity contribution is 7.86. The van der Waals surface area contributed by atoms with E-state index >= 15 is 0 Å². The largest absolute Gasteiger partial charge is 0.296 e. The van der Waals surface area contributed by atoms with Crippen molar-refractivity contribution in [2.75, 3.05) is 0 Å². The third kappa shape index (κ3) is 1.87. The molecule has 0 bridgehead atoms. The lowest BCUT2D eigenvalue weighted by Crippen LogP contribution is -2.22. The molecule has 0 saturated carbocycles. The smallest absolute Gasteiger partial charge is 0.289 e. The molecule has 7 nitrogen and oxygen atoms in total. The van der Waals surface area contributed by atoms with Crippen LogP contribution in [0, 0.1) is 0 Å². The van der Waals surface area contributed by atoms with Gasteiger partial charge in [0.25, 0.3) is 10.1 Å². The lowest BCUT2D eigenvalue weighted by Gasteiger charge is -2.18. The number of rotatable bonds is 1. The van der Waals surface area contributed by atoms with Crippen LogP contribution in [0.2, 0.25) is 0 Å². The monoisotopic (exact) mass is 346 g/mol. The number of hydrogen-bond donors (Lipinski definition) is 1. The standard InChI is InChI=1S/C14H6N2O5S2/c17-13-6-3-1-2-4-7(6)14(18)10-8(13)5-9(23(19,20)21)11-12(10)16-22-15-11/h1-5H,(H,19,20,21). The molecule has 0 spiro atoms. The van der Waals surface area contributed by atoms with E-state index in [-0.39, 0.29) is 33.3 Å². The van der Waals surface area contributed by atoms with Gasteiger partial charge in [0, 0.05) is 16.7 Å². The van der Waals surface area contributed by atoms with Gasteiger partial charge in [0.15, 0.2) is 11.6 Å². The summed E-state index contributed by atoms with van der Waals surface area (Å²) in [5.41, 5.74) is 0.240. The Kier molecular flexibility index (Phi) is 2.77. The number of nitrogens with zero attached hydrogens (tertiary/aromatic N) is 2. The zero-order valence-corrected chi connectivity index (χ0v) is 12.8. The van der Waals surface area contributed by atoms with Crippen molar-refractivity contribution >= 4 is 44.4 Å². The summed E-state index contributed by atoms with van der Waals surface area (Å²) in [5.74, 6) is -0.912. The molecule has 1 N–H and O–H groups in total. The molecule has 1 heterocycles. The van der Waals surface area contributed by atoms with Crippen molar-refractivity contribution in [3.05, 3.63) is 52.6 Å². The maximum absolute atomic E-state index is 12.7. The van der Waals surface area contributed by atoms with Crippen LogP contribution in [0.15, 0.2) is 35.2 Å². The Balaban J connectivity index is 2.18. The predicted molar refractivity (Wildman–Crippen MR) is 80.5 cm³/mol. The van der Waals surface area contributed by atoms with E-state index in [1.807, 2.05) is 0 Å². The van der Waals surface area contributed by atoms with Gasteiger partial charge in [-0.3, -0.25) is 14.1 Å². The van der Waals surface area contributed by atoms with Crippen molar-refractivity contribution in [2.24, 2.45) is 0 Å². The molecule has 1 aromatic heterocycles. The number of carbonyl (C=O) groups is 2. The second kappa shape index (κ2) is 4.51. The fraction of sp³-hybridized carbons (Fsp3) is 0. The minimum atomic E-state index is -4.61. The molecule has 0 saturated heterocycles. The SMILES string of the molecule is O=C1c2ccccc2C(=O)c2c1cc(S(=O)(=O)O)c1nsnc21. The molecule has 114 valence electrons. The van der Waals surface area contributed by atoms with E-state index in [2.05, 4.69) is 8.75 Å². The number of aromatic nitrogens is 2. The van der Waals surface area contributed by atoms with E-state index in [1.165, 1.54) is 12.1 Å². The Morgan fingerprint density at radius 1 is 0.913 bits per heavy atom. The Hall–Kier alpha value is -2.49. The molecule has 0 unspecified atom stereocenters. The minimum Gasteiger partial charge on any atom is -0.289 e. The highest BCUT2D eigenvalue weighted by Crippen LogP contribution is 2.35. The first kappa shape index (κ1) is 14.1. The predicted octanol–water partition coefficient (Wildman–Crippen LogP) is 1.71. The fourth-order valence-corrected chi connectivity index (χ4v) is 3.96. The zero-order valence-electron chi connectivity index (χ0n) is 11.2.